The predicted octanol–water partition coefficient (Wildman–Crippen LogP) is 5.34. The Balaban J connectivity index is 1.46. The highest BCUT2D eigenvalue weighted by Gasteiger charge is 2.38. The first-order chi connectivity index (χ1) is 16.6. The lowest BCUT2D eigenvalue weighted by Crippen LogP contribution is -2.44. The van der Waals surface area contributed by atoms with E-state index >= 15 is 0 Å². The Hall–Kier alpha value is -4.27. The number of urea groups is 1. The summed E-state index contributed by atoms with van der Waals surface area (Å²) in [4.78, 5) is 38.2. The van der Waals surface area contributed by atoms with Gasteiger partial charge in [-0.1, -0.05) is 38.1 Å². The lowest BCUT2D eigenvalue weighted by atomic mass is 10.00. The zero-order valence-corrected chi connectivity index (χ0v) is 19.0. The molecule has 0 bridgehead atoms. The van der Waals surface area contributed by atoms with Gasteiger partial charge in [0, 0.05) is 29.5 Å². The lowest BCUT2D eigenvalue weighted by Gasteiger charge is -2.27. The number of carboxylic acids is 1. The molecule has 4 rings (SSSR count). The molecule has 3 N–H and O–H groups in total. The third-order valence-corrected chi connectivity index (χ3v) is 5.82. The Morgan fingerprint density at radius 1 is 0.886 bits per heavy atom. The summed E-state index contributed by atoms with van der Waals surface area (Å²) >= 11 is 0. The van der Waals surface area contributed by atoms with E-state index in [0.717, 1.165) is 28.8 Å². The normalized spacial score (nSPS) is 13.5. The van der Waals surface area contributed by atoms with E-state index in [4.69, 9.17) is 0 Å². The number of hydrogen-bond donors (Lipinski definition) is 3. The summed E-state index contributed by atoms with van der Waals surface area (Å²) < 4.78 is 26.3. The highest BCUT2D eigenvalue weighted by atomic mass is 19.2. The van der Waals surface area contributed by atoms with Gasteiger partial charge in [0.1, 0.15) is 6.04 Å². The van der Waals surface area contributed by atoms with Crippen molar-refractivity contribution in [3.63, 3.8) is 0 Å². The van der Waals surface area contributed by atoms with Gasteiger partial charge < -0.3 is 20.6 Å². The van der Waals surface area contributed by atoms with Crippen molar-refractivity contribution in [2.75, 3.05) is 10.6 Å². The maximum absolute atomic E-state index is 13.3. The van der Waals surface area contributed by atoms with Gasteiger partial charge in [0.25, 0.3) is 5.91 Å². The van der Waals surface area contributed by atoms with E-state index in [0.29, 0.717) is 11.3 Å². The first-order valence-corrected chi connectivity index (χ1v) is 10.9. The van der Waals surface area contributed by atoms with Crippen LogP contribution in [0, 0.1) is 17.6 Å². The molecule has 0 radical (unpaired) electrons. The summed E-state index contributed by atoms with van der Waals surface area (Å²) in [5, 5.41) is 14.6. The number of amides is 3. The van der Waals surface area contributed by atoms with Gasteiger partial charge in [0.2, 0.25) is 0 Å². The number of aliphatic carboxylic acids is 1. The Bertz CT molecular complexity index is 1310. The van der Waals surface area contributed by atoms with Crippen LogP contribution >= 0.6 is 0 Å². The maximum Gasteiger partial charge on any atom is 0.326 e. The Morgan fingerprint density at radius 3 is 2.14 bits per heavy atom. The van der Waals surface area contributed by atoms with Crippen molar-refractivity contribution in [3.05, 3.63) is 83.4 Å². The lowest BCUT2D eigenvalue weighted by molar-refractivity contribution is -0.144. The van der Waals surface area contributed by atoms with Crippen LogP contribution in [-0.4, -0.2) is 34.0 Å². The van der Waals surface area contributed by atoms with Crippen LogP contribution in [0.3, 0.4) is 0 Å². The van der Waals surface area contributed by atoms with E-state index in [2.05, 4.69) is 10.6 Å². The largest absolute Gasteiger partial charge is 0.480 e. The van der Waals surface area contributed by atoms with Gasteiger partial charge in [-0.25, -0.2) is 18.4 Å². The summed E-state index contributed by atoms with van der Waals surface area (Å²) in [7, 11) is 0. The minimum Gasteiger partial charge on any atom is -0.480 e. The molecule has 9 heteroatoms. The van der Waals surface area contributed by atoms with Gasteiger partial charge in [-0.05, 0) is 52.9 Å². The first kappa shape index (κ1) is 23.9. The van der Waals surface area contributed by atoms with E-state index in [1.54, 1.807) is 44.2 Å². The molecule has 0 aromatic heterocycles. The number of rotatable bonds is 6. The summed E-state index contributed by atoms with van der Waals surface area (Å²) in [6.45, 7) is 3.79. The van der Waals surface area contributed by atoms with Crippen molar-refractivity contribution in [1.29, 1.82) is 0 Å². The Morgan fingerprint density at radius 2 is 1.51 bits per heavy atom. The minimum absolute atomic E-state index is 0.109. The van der Waals surface area contributed by atoms with E-state index in [9.17, 15) is 28.3 Å². The number of halogens is 2. The molecule has 0 aliphatic carbocycles. The number of anilines is 2. The Kier molecular flexibility index (Phi) is 6.50. The third kappa shape index (κ3) is 4.98. The zero-order chi connectivity index (χ0) is 25.3. The van der Waals surface area contributed by atoms with E-state index in [1.165, 1.54) is 11.0 Å². The van der Waals surface area contributed by atoms with Crippen LogP contribution in [0.15, 0.2) is 60.7 Å². The molecule has 1 atom stereocenters. The summed E-state index contributed by atoms with van der Waals surface area (Å²) in [5.41, 5.74) is 3.40. The van der Waals surface area contributed by atoms with Crippen LogP contribution in [0.4, 0.5) is 25.0 Å². The monoisotopic (exact) mass is 479 g/mol. The standard InChI is InChI=1S/C26H23F2N3O4/c1-14(2)23(25(33)34)31-13-17-4-3-16(11-20(17)24(31)32)15-5-7-18(8-6-15)29-26(35)30-19-9-10-21(27)22(28)12-19/h3-12,14,23H,13H2,1-2H3,(H,33,34)(H2,29,30,35). The number of carbonyl (C=O) groups excluding carboxylic acids is 2. The van der Waals surface area contributed by atoms with Gasteiger partial charge in [-0.3, -0.25) is 4.79 Å². The SMILES string of the molecule is CC(C)C(C(=O)O)N1Cc2ccc(-c3ccc(NC(=O)Nc4ccc(F)c(F)c4)cc3)cc2C1=O. The molecule has 1 heterocycles. The van der Waals surface area contributed by atoms with E-state index in [-0.39, 0.29) is 24.1 Å². The molecule has 1 unspecified atom stereocenters. The number of fused-ring (bicyclic) bond motifs is 1. The minimum atomic E-state index is -1.06. The molecule has 3 aromatic rings. The van der Waals surface area contributed by atoms with Crippen molar-refractivity contribution in [2.24, 2.45) is 5.92 Å². The van der Waals surface area contributed by atoms with Crippen molar-refractivity contribution in [2.45, 2.75) is 26.4 Å². The molecule has 0 saturated carbocycles. The van der Waals surface area contributed by atoms with Crippen LogP contribution in [0.5, 0.6) is 0 Å². The topological polar surface area (TPSA) is 98.7 Å². The second kappa shape index (κ2) is 9.54. The van der Waals surface area contributed by atoms with Crippen molar-refractivity contribution < 1.29 is 28.3 Å². The van der Waals surface area contributed by atoms with Crippen LogP contribution in [0.2, 0.25) is 0 Å². The highest BCUT2D eigenvalue weighted by Crippen LogP contribution is 2.31. The van der Waals surface area contributed by atoms with Crippen molar-refractivity contribution in [1.82, 2.24) is 4.90 Å². The summed E-state index contributed by atoms with van der Waals surface area (Å²) in [5.74, 6) is -3.64. The number of benzene rings is 3. The highest BCUT2D eigenvalue weighted by molar-refractivity contribution is 6.02. The van der Waals surface area contributed by atoms with E-state index < -0.39 is 29.7 Å². The number of carboxylic acid groups (broad SMARTS) is 1. The molecule has 7 nitrogen and oxygen atoms in total. The smallest absolute Gasteiger partial charge is 0.326 e. The van der Waals surface area contributed by atoms with Gasteiger partial charge >= 0.3 is 12.0 Å². The van der Waals surface area contributed by atoms with Gasteiger partial charge in [0.15, 0.2) is 11.6 Å². The fraction of sp³-hybridized carbons (Fsp3) is 0.192. The zero-order valence-electron chi connectivity index (χ0n) is 19.0. The average Bonchev–Trinajstić information content (AvgIpc) is 3.11. The van der Waals surface area contributed by atoms with Crippen molar-refractivity contribution in [3.8, 4) is 11.1 Å². The second-order valence-corrected chi connectivity index (χ2v) is 8.62. The number of carbonyl (C=O) groups is 3. The molecular formula is C26H23F2N3O4. The van der Waals surface area contributed by atoms with Crippen LogP contribution in [0.1, 0.15) is 29.8 Å². The summed E-state index contributed by atoms with van der Waals surface area (Å²) in [6.07, 6.45) is 0. The van der Waals surface area contributed by atoms with Crippen molar-refractivity contribution >= 4 is 29.3 Å². The van der Waals surface area contributed by atoms with Crippen LogP contribution in [0.25, 0.3) is 11.1 Å². The maximum atomic E-state index is 13.3. The molecule has 3 amide bonds. The quantitative estimate of drug-likeness (QED) is 0.444. The van der Waals surface area contributed by atoms with E-state index in [1.807, 2.05) is 12.1 Å². The number of nitrogens with one attached hydrogen (secondary N) is 2. The molecule has 1 aliphatic heterocycles. The molecular weight excluding hydrogens is 456 g/mol. The molecule has 0 saturated heterocycles. The Labute approximate surface area is 200 Å². The van der Waals surface area contributed by atoms with Crippen LogP contribution in [-0.2, 0) is 11.3 Å². The molecule has 0 fully saturated rings. The molecule has 1 aliphatic rings. The van der Waals surface area contributed by atoms with Gasteiger partial charge in [-0.2, -0.15) is 0 Å². The van der Waals surface area contributed by atoms with Gasteiger partial charge in [0.05, 0.1) is 0 Å². The first-order valence-electron chi connectivity index (χ1n) is 10.9. The average molecular weight is 479 g/mol. The molecule has 35 heavy (non-hydrogen) atoms. The fourth-order valence-corrected chi connectivity index (χ4v) is 4.12. The molecule has 180 valence electrons. The van der Waals surface area contributed by atoms with Crippen LogP contribution < -0.4 is 10.6 Å². The predicted molar refractivity (Wildman–Crippen MR) is 127 cm³/mol. The second-order valence-electron chi connectivity index (χ2n) is 8.62. The number of nitrogens with zero attached hydrogens (tertiary/aromatic N) is 1. The summed E-state index contributed by atoms with van der Waals surface area (Å²) in [6, 6.07) is 13.8. The van der Waals surface area contributed by atoms with Gasteiger partial charge in [-0.15, -0.1) is 0 Å². The number of hydrogen-bond acceptors (Lipinski definition) is 3. The molecule has 0 spiro atoms. The fourth-order valence-electron chi connectivity index (χ4n) is 4.12. The third-order valence-electron chi connectivity index (χ3n) is 5.82. The molecule has 3 aromatic carbocycles.